The van der Waals surface area contributed by atoms with E-state index in [0.29, 0.717) is 0 Å². The molecule has 0 aliphatic heterocycles. The zero-order chi connectivity index (χ0) is 21.1. The fourth-order valence-corrected chi connectivity index (χ4v) is 4.06. The van der Waals surface area contributed by atoms with Crippen molar-refractivity contribution in [1.82, 2.24) is 5.32 Å². The number of aryl methyl sites for hydroxylation is 1. The topological polar surface area (TPSA) is 66.5 Å². The maximum Gasteiger partial charge on any atom is 0.244 e. The van der Waals surface area contributed by atoms with Gasteiger partial charge in [0.1, 0.15) is 6.04 Å². The molecule has 1 amide bonds. The maximum absolute atomic E-state index is 13.6. The number of amides is 1. The molecular formula is C20H24F2N2O3S. The third-order valence-corrected chi connectivity index (χ3v) is 5.73. The van der Waals surface area contributed by atoms with Gasteiger partial charge < -0.3 is 5.32 Å². The molecule has 0 fully saturated rings. The Morgan fingerprint density at radius 1 is 1.07 bits per heavy atom. The summed E-state index contributed by atoms with van der Waals surface area (Å²) in [6.07, 6.45) is 1.81. The van der Waals surface area contributed by atoms with Crippen molar-refractivity contribution in [2.24, 2.45) is 0 Å². The summed E-state index contributed by atoms with van der Waals surface area (Å²) in [4.78, 5) is 12.7. The van der Waals surface area contributed by atoms with Gasteiger partial charge >= 0.3 is 0 Å². The molecule has 152 valence electrons. The number of nitrogens with zero attached hydrogens (tertiary/aromatic N) is 1. The van der Waals surface area contributed by atoms with Crippen LogP contribution in [0.1, 0.15) is 37.9 Å². The SMILES string of the molecule is CCc1ccc([C@H](C)NC(=O)[C@@H](C)N(c2ccc(F)c(F)c2)S(C)(=O)=O)cc1. The Kier molecular flexibility index (Phi) is 6.77. The molecule has 5 nitrogen and oxygen atoms in total. The summed E-state index contributed by atoms with van der Waals surface area (Å²) in [5, 5.41) is 2.77. The van der Waals surface area contributed by atoms with Gasteiger partial charge in [-0.25, -0.2) is 17.2 Å². The molecule has 0 aliphatic carbocycles. The second kappa shape index (κ2) is 8.68. The van der Waals surface area contributed by atoms with Gasteiger partial charge in [0.2, 0.25) is 15.9 Å². The van der Waals surface area contributed by atoms with Crippen molar-refractivity contribution in [3.05, 3.63) is 65.2 Å². The van der Waals surface area contributed by atoms with Crippen LogP contribution in [0.15, 0.2) is 42.5 Å². The molecule has 0 heterocycles. The number of hydrogen-bond donors (Lipinski definition) is 1. The third kappa shape index (κ3) is 5.07. The molecule has 0 bridgehead atoms. The summed E-state index contributed by atoms with van der Waals surface area (Å²) in [6, 6.07) is 8.92. The standard InChI is InChI=1S/C20H24F2N2O3S/c1-5-15-6-8-16(9-7-15)13(2)23-20(25)14(3)24(28(4,26)27)17-10-11-18(21)19(22)12-17/h6-14H,5H2,1-4H3,(H,23,25)/t13-,14+/m0/s1. The normalized spacial score (nSPS) is 13.6. The number of sulfonamides is 1. The molecule has 1 N–H and O–H groups in total. The highest BCUT2D eigenvalue weighted by atomic mass is 32.2. The molecule has 8 heteroatoms. The van der Waals surface area contributed by atoms with E-state index < -0.39 is 33.6 Å². The minimum atomic E-state index is -3.92. The number of rotatable bonds is 7. The van der Waals surface area contributed by atoms with E-state index in [0.717, 1.165) is 46.3 Å². The quantitative estimate of drug-likeness (QED) is 0.759. The molecule has 28 heavy (non-hydrogen) atoms. The van der Waals surface area contributed by atoms with Crippen LogP contribution in [0.2, 0.25) is 0 Å². The second-order valence-electron chi connectivity index (χ2n) is 6.66. The number of benzene rings is 2. The molecule has 0 aliphatic rings. The van der Waals surface area contributed by atoms with E-state index in [1.165, 1.54) is 6.92 Å². The largest absolute Gasteiger partial charge is 0.348 e. The Balaban J connectivity index is 2.24. The Bertz CT molecular complexity index is 946. The van der Waals surface area contributed by atoms with Crippen molar-refractivity contribution in [3.8, 4) is 0 Å². The van der Waals surface area contributed by atoms with Crippen molar-refractivity contribution in [2.75, 3.05) is 10.6 Å². The van der Waals surface area contributed by atoms with Crippen LogP contribution in [-0.2, 0) is 21.2 Å². The highest BCUT2D eigenvalue weighted by Gasteiger charge is 2.30. The molecule has 2 aromatic carbocycles. The lowest BCUT2D eigenvalue weighted by molar-refractivity contribution is -0.122. The van der Waals surface area contributed by atoms with E-state index in [1.54, 1.807) is 6.92 Å². The van der Waals surface area contributed by atoms with E-state index in [2.05, 4.69) is 5.32 Å². The molecule has 0 unspecified atom stereocenters. The van der Waals surface area contributed by atoms with Crippen LogP contribution in [0.25, 0.3) is 0 Å². The average molecular weight is 410 g/mol. The lowest BCUT2D eigenvalue weighted by Crippen LogP contribution is -2.48. The fraction of sp³-hybridized carbons (Fsp3) is 0.350. The zero-order valence-electron chi connectivity index (χ0n) is 16.2. The minimum absolute atomic E-state index is 0.121. The van der Waals surface area contributed by atoms with Crippen LogP contribution in [0.4, 0.5) is 14.5 Å². The van der Waals surface area contributed by atoms with E-state index in [4.69, 9.17) is 0 Å². The van der Waals surface area contributed by atoms with Gasteiger partial charge in [0.25, 0.3) is 0 Å². The Morgan fingerprint density at radius 3 is 2.18 bits per heavy atom. The first kappa shape index (κ1) is 21.8. The highest BCUT2D eigenvalue weighted by molar-refractivity contribution is 7.92. The van der Waals surface area contributed by atoms with Crippen LogP contribution >= 0.6 is 0 Å². The van der Waals surface area contributed by atoms with Gasteiger partial charge in [-0.3, -0.25) is 9.10 Å². The summed E-state index contributed by atoms with van der Waals surface area (Å²) >= 11 is 0. The number of carbonyl (C=O) groups is 1. The molecule has 0 saturated heterocycles. The molecular weight excluding hydrogens is 386 g/mol. The van der Waals surface area contributed by atoms with E-state index >= 15 is 0 Å². The van der Waals surface area contributed by atoms with E-state index in [9.17, 15) is 22.0 Å². The Hall–Kier alpha value is -2.48. The predicted molar refractivity (Wildman–Crippen MR) is 106 cm³/mol. The maximum atomic E-state index is 13.6. The van der Waals surface area contributed by atoms with Crippen molar-refractivity contribution in [3.63, 3.8) is 0 Å². The van der Waals surface area contributed by atoms with Gasteiger partial charge in [-0.1, -0.05) is 31.2 Å². The van der Waals surface area contributed by atoms with Crippen LogP contribution in [0.5, 0.6) is 0 Å². The predicted octanol–water partition coefficient (Wildman–Crippen LogP) is 3.56. The minimum Gasteiger partial charge on any atom is -0.348 e. The summed E-state index contributed by atoms with van der Waals surface area (Å²) in [6.45, 7) is 5.22. The number of nitrogens with one attached hydrogen (secondary N) is 1. The third-order valence-electron chi connectivity index (χ3n) is 4.49. The zero-order valence-corrected chi connectivity index (χ0v) is 17.1. The van der Waals surface area contributed by atoms with Gasteiger partial charge in [0, 0.05) is 6.07 Å². The summed E-state index contributed by atoms with van der Waals surface area (Å²) in [7, 11) is -3.92. The smallest absolute Gasteiger partial charge is 0.244 e. The van der Waals surface area contributed by atoms with Crippen molar-refractivity contribution >= 4 is 21.6 Å². The molecule has 2 rings (SSSR count). The first-order valence-corrected chi connectivity index (χ1v) is 10.7. The first-order valence-electron chi connectivity index (χ1n) is 8.88. The monoisotopic (exact) mass is 410 g/mol. The molecule has 0 radical (unpaired) electrons. The van der Waals surface area contributed by atoms with Crippen LogP contribution in [0.3, 0.4) is 0 Å². The summed E-state index contributed by atoms with van der Waals surface area (Å²) < 4.78 is 52.0. The summed E-state index contributed by atoms with van der Waals surface area (Å²) in [5.74, 6) is -2.84. The van der Waals surface area contributed by atoms with E-state index in [-0.39, 0.29) is 11.7 Å². The number of carbonyl (C=O) groups excluding carboxylic acids is 1. The number of halogens is 2. The van der Waals surface area contributed by atoms with Crippen molar-refractivity contribution in [2.45, 2.75) is 39.3 Å². The van der Waals surface area contributed by atoms with Gasteiger partial charge in [-0.15, -0.1) is 0 Å². The Labute approximate surface area is 164 Å². The molecule has 0 aromatic heterocycles. The van der Waals surface area contributed by atoms with Crippen LogP contribution in [-0.4, -0.2) is 26.6 Å². The Morgan fingerprint density at radius 2 is 1.68 bits per heavy atom. The number of hydrogen-bond acceptors (Lipinski definition) is 3. The van der Waals surface area contributed by atoms with Gasteiger partial charge in [0.05, 0.1) is 18.0 Å². The second-order valence-corrected chi connectivity index (χ2v) is 8.52. The van der Waals surface area contributed by atoms with Gasteiger partial charge in [0.15, 0.2) is 11.6 Å². The van der Waals surface area contributed by atoms with Crippen molar-refractivity contribution < 1.29 is 22.0 Å². The van der Waals surface area contributed by atoms with Crippen LogP contribution < -0.4 is 9.62 Å². The van der Waals surface area contributed by atoms with Gasteiger partial charge in [-0.2, -0.15) is 0 Å². The lowest BCUT2D eigenvalue weighted by Gasteiger charge is -2.29. The molecule has 2 atom stereocenters. The first-order chi connectivity index (χ1) is 13.0. The van der Waals surface area contributed by atoms with Crippen LogP contribution in [0, 0.1) is 11.6 Å². The lowest BCUT2D eigenvalue weighted by atomic mass is 10.0. The average Bonchev–Trinajstić information content (AvgIpc) is 2.63. The molecule has 0 spiro atoms. The summed E-state index contributed by atoms with van der Waals surface area (Å²) in [5.41, 5.74) is 1.91. The highest BCUT2D eigenvalue weighted by Crippen LogP contribution is 2.24. The van der Waals surface area contributed by atoms with E-state index in [1.807, 2.05) is 31.2 Å². The van der Waals surface area contributed by atoms with Crippen molar-refractivity contribution in [1.29, 1.82) is 0 Å². The van der Waals surface area contributed by atoms with Gasteiger partial charge in [-0.05, 0) is 43.5 Å². The number of anilines is 1. The molecule has 2 aromatic rings. The fourth-order valence-electron chi connectivity index (χ4n) is 2.89. The molecule has 0 saturated carbocycles.